The lowest BCUT2D eigenvalue weighted by Gasteiger charge is -2.37. The maximum absolute atomic E-state index is 14.2. The highest BCUT2D eigenvalue weighted by molar-refractivity contribution is 5.97. The molecule has 36 heavy (non-hydrogen) atoms. The Balaban J connectivity index is 1.36. The van der Waals surface area contributed by atoms with Crippen LogP contribution in [0.3, 0.4) is 0 Å². The fourth-order valence-corrected chi connectivity index (χ4v) is 4.92. The van der Waals surface area contributed by atoms with Gasteiger partial charge in [0.15, 0.2) is 0 Å². The number of nitrogens with zero attached hydrogens (tertiary/aromatic N) is 6. The summed E-state index contributed by atoms with van der Waals surface area (Å²) >= 11 is 0. The summed E-state index contributed by atoms with van der Waals surface area (Å²) in [7, 11) is 5.50. The molecule has 0 atom stereocenters. The van der Waals surface area contributed by atoms with Crippen molar-refractivity contribution in [2.24, 2.45) is 0 Å². The van der Waals surface area contributed by atoms with Crippen molar-refractivity contribution in [2.45, 2.75) is 13.0 Å². The minimum atomic E-state index is -0.196. The van der Waals surface area contributed by atoms with Crippen LogP contribution in [0.5, 0.6) is 5.75 Å². The molecule has 8 nitrogen and oxygen atoms in total. The summed E-state index contributed by atoms with van der Waals surface area (Å²) in [5.74, 6) is 1.83. The van der Waals surface area contributed by atoms with Crippen molar-refractivity contribution in [3.8, 4) is 5.75 Å². The van der Waals surface area contributed by atoms with Gasteiger partial charge in [-0.25, -0.2) is 9.37 Å². The first-order chi connectivity index (χ1) is 17.5. The van der Waals surface area contributed by atoms with E-state index < -0.39 is 0 Å². The molecule has 0 saturated carbocycles. The number of carbonyl (C=O) groups is 1. The molecule has 1 saturated heterocycles. The third-order valence-corrected chi connectivity index (χ3v) is 6.83. The van der Waals surface area contributed by atoms with Gasteiger partial charge in [0, 0.05) is 58.8 Å². The highest BCUT2D eigenvalue weighted by Crippen LogP contribution is 2.30. The van der Waals surface area contributed by atoms with E-state index in [1.807, 2.05) is 48.2 Å². The number of anilines is 3. The first kappa shape index (κ1) is 23.8. The Kier molecular flexibility index (Phi) is 6.63. The number of methoxy groups -OCH3 is 1. The lowest BCUT2D eigenvalue weighted by molar-refractivity contribution is 0.0730. The smallest absolute Gasteiger partial charge is 0.257 e. The number of halogens is 1. The number of rotatable bonds is 5. The summed E-state index contributed by atoms with van der Waals surface area (Å²) in [6, 6.07) is 14.2. The fraction of sp³-hybridized carbons (Fsp3) is 0.370. The maximum Gasteiger partial charge on any atom is 0.257 e. The molecule has 0 spiro atoms. The van der Waals surface area contributed by atoms with E-state index in [2.05, 4.69) is 9.80 Å². The largest absolute Gasteiger partial charge is 0.496 e. The number of hydrogen-bond donors (Lipinski definition) is 0. The summed E-state index contributed by atoms with van der Waals surface area (Å²) in [4.78, 5) is 31.2. The number of fused-ring (bicyclic) bond motifs is 1. The number of piperazine rings is 1. The molecule has 2 aliphatic rings. The van der Waals surface area contributed by atoms with Crippen molar-refractivity contribution in [3.05, 3.63) is 71.2 Å². The Morgan fingerprint density at radius 3 is 2.36 bits per heavy atom. The number of para-hydroxylation sites is 2. The van der Waals surface area contributed by atoms with Crippen molar-refractivity contribution < 1.29 is 13.9 Å². The molecule has 0 radical (unpaired) electrons. The van der Waals surface area contributed by atoms with Crippen LogP contribution < -0.4 is 19.4 Å². The lowest BCUT2D eigenvalue weighted by Crippen LogP contribution is -2.47. The Morgan fingerprint density at radius 1 is 0.944 bits per heavy atom. The summed E-state index contributed by atoms with van der Waals surface area (Å²) in [5, 5.41) is 0. The molecule has 0 bridgehead atoms. The molecule has 3 heterocycles. The van der Waals surface area contributed by atoms with Crippen LogP contribution >= 0.6 is 0 Å². The quantitative estimate of drug-likeness (QED) is 0.544. The first-order valence-electron chi connectivity index (χ1n) is 12.2. The molecule has 0 aliphatic carbocycles. The topological polar surface area (TPSA) is 65.0 Å². The van der Waals surface area contributed by atoms with Gasteiger partial charge in [0.1, 0.15) is 17.4 Å². The number of amides is 1. The molecule has 1 fully saturated rings. The average molecular weight is 491 g/mol. The van der Waals surface area contributed by atoms with Crippen molar-refractivity contribution in [1.29, 1.82) is 0 Å². The van der Waals surface area contributed by atoms with E-state index in [4.69, 9.17) is 14.7 Å². The fourth-order valence-electron chi connectivity index (χ4n) is 4.92. The van der Waals surface area contributed by atoms with Gasteiger partial charge in [0.25, 0.3) is 5.91 Å². The molecule has 0 unspecified atom stereocenters. The summed E-state index contributed by atoms with van der Waals surface area (Å²) < 4.78 is 19.6. The Labute approximate surface area is 210 Å². The van der Waals surface area contributed by atoms with Gasteiger partial charge in [-0.1, -0.05) is 24.3 Å². The van der Waals surface area contributed by atoms with Crippen LogP contribution in [-0.2, 0) is 13.0 Å². The highest BCUT2D eigenvalue weighted by Gasteiger charge is 2.30. The molecular formula is C27H31FN6O2. The third kappa shape index (κ3) is 4.53. The molecule has 3 aromatic rings. The summed E-state index contributed by atoms with van der Waals surface area (Å²) in [6.45, 7) is 3.83. The van der Waals surface area contributed by atoms with E-state index in [-0.39, 0.29) is 11.7 Å². The molecule has 9 heteroatoms. The van der Waals surface area contributed by atoms with Crippen LogP contribution in [0.25, 0.3) is 0 Å². The van der Waals surface area contributed by atoms with Crippen molar-refractivity contribution in [1.82, 2.24) is 14.9 Å². The Morgan fingerprint density at radius 2 is 1.64 bits per heavy atom. The molecule has 2 aliphatic heterocycles. The van der Waals surface area contributed by atoms with Gasteiger partial charge >= 0.3 is 0 Å². The van der Waals surface area contributed by atoms with Crippen LogP contribution in [0.1, 0.15) is 21.6 Å². The average Bonchev–Trinajstić information content (AvgIpc) is 2.92. The maximum atomic E-state index is 14.2. The normalized spacial score (nSPS) is 15.5. The lowest BCUT2D eigenvalue weighted by atomic mass is 10.0. The zero-order valence-corrected chi connectivity index (χ0v) is 20.9. The molecule has 2 aromatic carbocycles. The van der Waals surface area contributed by atoms with Gasteiger partial charge in [0.05, 0.1) is 30.6 Å². The number of aromatic nitrogens is 2. The van der Waals surface area contributed by atoms with Crippen molar-refractivity contribution in [3.63, 3.8) is 0 Å². The summed E-state index contributed by atoms with van der Waals surface area (Å²) in [6.07, 6.45) is 0.655. The van der Waals surface area contributed by atoms with E-state index >= 15 is 0 Å². The molecule has 5 rings (SSSR count). The minimum absolute atomic E-state index is 0.0591. The third-order valence-electron chi connectivity index (χ3n) is 6.83. The second kappa shape index (κ2) is 10.0. The second-order valence-corrected chi connectivity index (χ2v) is 9.27. The first-order valence-corrected chi connectivity index (χ1v) is 12.2. The van der Waals surface area contributed by atoms with Crippen LogP contribution in [0.4, 0.5) is 21.8 Å². The monoisotopic (exact) mass is 490 g/mol. The van der Waals surface area contributed by atoms with E-state index in [1.54, 1.807) is 25.3 Å². The molecule has 1 amide bonds. The Hall–Kier alpha value is -3.88. The standard InChI is InChI=1S/C27H31FN6O2/c1-31(2)25-20-18-34(26(35)19-8-4-7-11-24(19)36-3)13-12-22(20)29-27(30-25)33-16-14-32(15-17-33)23-10-6-5-9-21(23)28/h4-11H,12-18H2,1-3H3. The zero-order chi connectivity index (χ0) is 25.2. The van der Waals surface area contributed by atoms with Gasteiger partial charge in [-0.15, -0.1) is 0 Å². The predicted octanol–water partition coefficient (Wildman–Crippen LogP) is 3.22. The number of ether oxygens (including phenoxy) is 1. The van der Waals surface area contributed by atoms with E-state index in [9.17, 15) is 9.18 Å². The molecule has 0 N–H and O–H groups in total. The van der Waals surface area contributed by atoms with E-state index in [0.717, 1.165) is 17.1 Å². The summed E-state index contributed by atoms with van der Waals surface area (Å²) in [5.41, 5.74) is 3.14. The number of benzene rings is 2. The SMILES string of the molecule is COc1ccccc1C(=O)N1CCc2nc(N3CCN(c4ccccc4F)CC3)nc(N(C)C)c2C1. The number of carbonyl (C=O) groups excluding carboxylic acids is 1. The molecular weight excluding hydrogens is 459 g/mol. The minimum Gasteiger partial charge on any atom is -0.496 e. The van der Waals surface area contributed by atoms with Crippen LogP contribution in [0, 0.1) is 5.82 Å². The van der Waals surface area contributed by atoms with Crippen molar-refractivity contribution in [2.75, 3.05) is 68.6 Å². The van der Waals surface area contributed by atoms with Gasteiger partial charge in [-0.3, -0.25) is 4.79 Å². The molecule has 1 aromatic heterocycles. The van der Waals surface area contributed by atoms with Crippen LogP contribution in [0.15, 0.2) is 48.5 Å². The predicted molar refractivity (Wildman–Crippen MR) is 139 cm³/mol. The van der Waals surface area contributed by atoms with Crippen LogP contribution in [-0.4, -0.2) is 74.7 Å². The van der Waals surface area contributed by atoms with Gasteiger partial charge in [0.2, 0.25) is 5.95 Å². The Bertz CT molecular complexity index is 1260. The van der Waals surface area contributed by atoms with E-state index in [0.29, 0.717) is 68.6 Å². The van der Waals surface area contributed by atoms with Crippen LogP contribution in [0.2, 0.25) is 0 Å². The van der Waals surface area contributed by atoms with E-state index in [1.165, 1.54) is 6.07 Å². The zero-order valence-electron chi connectivity index (χ0n) is 20.9. The highest BCUT2D eigenvalue weighted by atomic mass is 19.1. The second-order valence-electron chi connectivity index (χ2n) is 9.27. The van der Waals surface area contributed by atoms with Gasteiger partial charge in [-0.2, -0.15) is 4.98 Å². The van der Waals surface area contributed by atoms with Gasteiger partial charge < -0.3 is 24.3 Å². The molecule has 188 valence electrons. The number of hydrogen-bond acceptors (Lipinski definition) is 7. The van der Waals surface area contributed by atoms with Crippen molar-refractivity contribution >= 4 is 23.4 Å². The van der Waals surface area contributed by atoms with Gasteiger partial charge in [-0.05, 0) is 24.3 Å².